The highest BCUT2D eigenvalue weighted by molar-refractivity contribution is 5.85. The SMILES string of the molecule is COc1ccc(C/C=C(/F)CN)cc1.Cl. The minimum Gasteiger partial charge on any atom is -0.497 e. The van der Waals surface area contributed by atoms with Crippen LogP contribution in [0.2, 0.25) is 0 Å². The molecule has 0 spiro atoms. The quantitative estimate of drug-likeness (QED) is 0.864. The predicted molar refractivity (Wildman–Crippen MR) is 62.2 cm³/mol. The molecule has 0 aliphatic carbocycles. The van der Waals surface area contributed by atoms with E-state index < -0.39 is 0 Å². The van der Waals surface area contributed by atoms with Gasteiger partial charge in [-0.3, -0.25) is 0 Å². The Kier molecular flexibility index (Phi) is 6.75. The monoisotopic (exact) mass is 231 g/mol. The number of rotatable bonds is 4. The van der Waals surface area contributed by atoms with Crippen molar-refractivity contribution in [2.45, 2.75) is 6.42 Å². The second-order valence-corrected chi connectivity index (χ2v) is 2.91. The summed E-state index contributed by atoms with van der Waals surface area (Å²) in [4.78, 5) is 0. The number of allylic oxidation sites excluding steroid dienone is 1. The molecule has 2 N–H and O–H groups in total. The Balaban J connectivity index is 0.00000196. The van der Waals surface area contributed by atoms with Crippen LogP contribution in [0.1, 0.15) is 5.56 Å². The fraction of sp³-hybridized carbons (Fsp3) is 0.273. The van der Waals surface area contributed by atoms with Crippen molar-refractivity contribution in [2.24, 2.45) is 5.73 Å². The van der Waals surface area contributed by atoms with E-state index in [1.54, 1.807) is 7.11 Å². The van der Waals surface area contributed by atoms with Gasteiger partial charge in [-0.05, 0) is 30.2 Å². The van der Waals surface area contributed by atoms with Crippen molar-refractivity contribution in [2.75, 3.05) is 13.7 Å². The van der Waals surface area contributed by atoms with Crippen molar-refractivity contribution in [3.8, 4) is 5.75 Å². The van der Waals surface area contributed by atoms with Gasteiger partial charge in [0.15, 0.2) is 0 Å². The fourth-order valence-corrected chi connectivity index (χ4v) is 1.07. The molecule has 0 saturated carbocycles. The highest BCUT2D eigenvalue weighted by Crippen LogP contribution is 2.12. The van der Waals surface area contributed by atoms with E-state index in [9.17, 15) is 4.39 Å². The number of halogens is 2. The molecular formula is C11H15ClFNO. The first-order chi connectivity index (χ1) is 6.76. The van der Waals surface area contributed by atoms with Crippen LogP contribution in [0, 0.1) is 0 Å². The molecule has 0 aromatic heterocycles. The molecule has 0 aliphatic rings. The number of hydrogen-bond acceptors (Lipinski definition) is 2. The maximum Gasteiger partial charge on any atom is 0.118 e. The zero-order valence-electron chi connectivity index (χ0n) is 8.57. The number of benzene rings is 1. The van der Waals surface area contributed by atoms with E-state index in [2.05, 4.69) is 0 Å². The lowest BCUT2D eigenvalue weighted by molar-refractivity contribution is 0.414. The summed E-state index contributed by atoms with van der Waals surface area (Å²) in [5.41, 5.74) is 6.16. The predicted octanol–water partition coefficient (Wildman–Crippen LogP) is 2.47. The molecule has 1 aromatic carbocycles. The fourth-order valence-electron chi connectivity index (χ4n) is 1.07. The van der Waals surface area contributed by atoms with Crippen LogP contribution in [0.4, 0.5) is 4.39 Å². The van der Waals surface area contributed by atoms with E-state index in [4.69, 9.17) is 10.5 Å². The first-order valence-electron chi connectivity index (χ1n) is 4.44. The summed E-state index contributed by atoms with van der Waals surface area (Å²) in [6, 6.07) is 7.51. The van der Waals surface area contributed by atoms with Gasteiger partial charge < -0.3 is 10.5 Å². The first-order valence-corrected chi connectivity index (χ1v) is 4.44. The highest BCUT2D eigenvalue weighted by atomic mass is 35.5. The van der Waals surface area contributed by atoms with Crippen molar-refractivity contribution >= 4 is 12.4 Å². The minimum atomic E-state index is -0.277. The molecule has 15 heavy (non-hydrogen) atoms. The Morgan fingerprint density at radius 1 is 1.40 bits per heavy atom. The number of methoxy groups -OCH3 is 1. The summed E-state index contributed by atoms with van der Waals surface area (Å²) in [7, 11) is 1.61. The van der Waals surface area contributed by atoms with Gasteiger partial charge in [0, 0.05) is 6.54 Å². The third-order valence-electron chi connectivity index (χ3n) is 1.91. The second-order valence-electron chi connectivity index (χ2n) is 2.91. The standard InChI is InChI=1S/C11H14FNO.ClH/c1-14-11-6-3-9(4-7-11)2-5-10(12)8-13;/h3-7H,2,8,13H2,1H3;1H/b10-5+;. The third kappa shape index (κ3) is 4.81. The van der Waals surface area contributed by atoms with Gasteiger partial charge in [0.2, 0.25) is 0 Å². The average Bonchev–Trinajstić information content (AvgIpc) is 2.26. The Labute approximate surface area is 95.3 Å². The molecule has 1 rings (SSSR count). The van der Waals surface area contributed by atoms with Crippen LogP contribution in [-0.2, 0) is 6.42 Å². The van der Waals surface area contributed by atoms with Gasteiger partial charge >= 0.3 is 0 Å². The molecule has 0 saturated heterocycles. The number of nitrogens with two attached hydrogens (primary N) is 1. The lowest BCUT2D eigenvalue weighted by Crippen LogP contribution is -1.99. The topological polar surface area (TPSA) is 35.2 Å². The van der Waals surface area contributed by atoms with Gasteiger partial charge in [0.25, 0.3) is 0 Å². The maximum atomic E-state index is 12.7. The molecule has 0 fully saturated rings. The van der Waals surface area contributed by atoms with E-state index >= 15 is 0 Å². The zero-order chi connectivity index (χ0) is 10.4. The van der Waals surface area contributed by atoms with Crippen molar-refractivity contribution < 1.29 is 9.13 Å². The zero-order valence-corrected chi connectivity index (χ0v) is 9.39. The van der Waals surface area contributed by atoms with Gasteiger partial charge in [0.1, 0.15) is 11.6 Å². The summed E-state index contributed by atoms with van der Waals surface area (Å²) in [5, 5.41) is 0. The van der Waals surface area contributed by atoms with Crippen molar-refractivity contribution in [1.82, 2.24) is 0 Å². The van der Waals surface area contributed by atoms with E-state index in [1.165, 1.54) is 6.08 Å². The van der Waals surface area contributed by atoms with Gasteiger partial charge in [0.05, 0.1) is 7.11 Å². The largest absolute Gasteiger partial charge is 0.497 e. The number of ether oxygens (including phenoxy) is 1. The molecule has 84 valence electrons. The van der Waals surface area contributed by atoms with Crippen LogP contribution in [0.25, 0.3) is 0 Å². The van der Waals surface area contributed by atoms with Crippen molar-refractivity contribution in [3.63, 3.8) is 0 Å². The van der Waals surface area contributed by atoms with Crippen LogP contribution >= 0.6 is 12.4 Å². The van der Waals surface area contributed by atoms with E-state index in [0.717, 1.165) is 11.3 Å². The average molecular weight is 232 g/mol. The molecule has 0 atom stereocenters. The molecule has 0 heterocycles. The summed E-state index contributed by atoms with van der Waals surface area (Å²) >= 11 is 0. The molecule has 0 aliphatic heterocycles. The molecular weight excluding hydrogens is 217 g/mol. The summed E-state index contributed by atoms with van der Waals surface area (Å²) < 4.78 is 17.7. The third-order valence-corrected chi connectivity index (χ3v) is 1.91. The Hall–Kier alpha value is -1.06. The molecule has 0 unspecified atom stereocenters. The smallest absolute Gasteiger partial charge is 0.118 e. The van der Waals surface area contributed by atoms with Gasteiger partial charge in [-0.25, -0.2) is 4.39 Å². The van der Waals surface area contributed by atoms with E-state index in [0.29, 0.717) is 6.42 Å². The lowest BCUT2D eigenvalue weighted by atomic mass is 10.1. The molecule has 2 nitrogen and oxygen atoms in total. The summed E-state index contributed by atoms with van der Waals surface area (Å²) in [6.45, 7) is -0.0316. The van der Waals surface area contributed by atoms with Gasteiger partial charge in [-0.1, -0.05) is 12.1 Å². The second kappa shape index (κ2) is 7.26. The molecule has 1 aromatic rings. The van der Waals surface area contributed by atoms with Crippen molar-refractivity contribution in [1.29, 1.82) is 0 Å². The maximum absolute atomic E-state index is 12.7. The molecule has 0 radical (unpaired) electrons. The van der Waals surface area contributed by atoms with Crippen LogP contribution in [0.5, 0.6) is 5.75 Å². The van der Waals surface area contributed by atoms with E-state index in [1.807, 2.05) is 24.3 Å². The lowest BCUT2D eigenvalue weighted by Gasteiger charge is -2.00. The normalized spacial score (nSPS) is 10.7. The van der Waals surface area contributed by atoms with Crippen LogP contribution in [0.3, 0.4) is 0 Å². The first kappa shape index (κ1) is 13.9. The Morgan fingerprint density at radius 2 is 2.00 bits per heavy atom. The Morgan fingerprint density at radius 3 is 2.47 bits per heavy atom. The van der Waals surface area contributed by atoms with Gasteiger partial charge in [-0.15, -0.1) is 12.4 Å². The summed E-state index contributed by atoms with van der Waals surface area (Å²) in [6.07, 6.45) is 2.05. The molecule has 0 bridgehead atoms. The molecule has 0 amide bonds. The molecule has 4 heteroatoms. The summed E-state index contributed by atoms with van der Waals surface area (Å²) in [5.74, 6) is 0.526. The minimum absolute atomic E-state index is 0. The number of hydrogen-bond donors (Lipinski definition) is 1. The van der Waals surface area contributed by atoms with Crippen LogP contribution in [0.15, 0.2) is 36.2 Å². The van der Waals surface area contributed by atoms with Crippen LogP contribution in [-0.4, -0.2) is 13.7 Å². The highest BCUT2D eigenvalue weighted by Gasteiger charge is 1.94. The van der Waals surface area contributed by atoms with Gasteiger partial charge in [-0.2, -0.15) is 0 Å². The van der Waals surface area contributed by atoms with Crippen LogP contribution < -0.4 is 10.5 Å². The van der Waals surface area contributed by atoms with E-state index in [-0.39, 0.29) is 24.8 Å². The Bertz CT molecular complexity index is 311. The van der Waals surface area contributed by atoms with Crippen molar-refractivity contribution in [3.05, 3.63) is 41.7 Å².